The number of halogens is 1. The Bertz CT molecular complexity index is 4480. The number of hydrogen-bond donors (Lipinski definition) is 1. The van der Waals surface area contributed by atoms with Crippen molar-refractivity contribution in [1.29, 1.82) is 0 Å². The standard InChI is InChI=1S/C49H80O11P4S2.C32H53O5PS.C18H27O4P.CH3I.CH4.O2S/c1-12-37(59-64(62)63)27-47-48(55-11)43(29-65(51,52)40-18-14-13-15-19-40)46(58-47)28-44(50)35(10)33(8)23-39(20-21-45-34(9)24-38(57-45)17-16-22-56-61)60-66(53,54)49-41(31(4)5)25-36(30(2)3)26-42(49)32(6)7;1-20(2)24(9)16-28(13-14-31-25(10)17-27(36-31)12-11-15-35-38)37-39(33,34)32-29(22(5)6)18-26(21(3)4)19-30(32)23(7)8;1-3-14(22-23)12-17-18(20-2)15(16(21-17)9-10-19)11-13-7-5-4-6-8-13;1-2;;1-3-2/h13-15,18-19,25-26,30-33,37-39,43-48,50H,9-10,12,16-17,20-24,27-29,61-63H2,1-8,11H3;18-19,21-24,27-28,31H,1,10-17,38H2,2-9H3;4-8,10,14-18H,3,9,11-12,23H2,1-2H3;1H3;1H4;/t33-,37-,38+,39-,43+,44-,45+,46?,47-,48-;24-,27+,28-,31+;14-,15+,16+,17-,18-;;;/m111.../s1. The summed E-state index contributed by atoms with van der Waals surface area (Å²) in [6.07, 6.45) is 8.68. The van der Waals surface area contributed by atoms with Crippen molar-refractivity contribution in [3.05, 3.63) is 172 Å². The highest BCUT2D eigenvalue weighted by Gasteiger charge is 2.50. The van der Waals surface area contributed by atoms with Gasteiger partial charge in [-0.2, -0.15) is 25.3 Å². The van der Waals surface area contributed by atoms with Crippen LogP contribution in [0.3, 0.4) is 0 Å². The van der Waals surface area contributed by atoms with E-state index in [0.29, 0.717) is 74.5 Å². The summed E-state index contributed by atoms with van der Waals surface area (Å²) in [5, 5.41) is 12.0. The first kappa shape index (κ1) is 126. The lowest BCUT2D eigenvalue weighted by Crippen LogP contribution is -2.37. The van der Waals surface area contributed by atoms with E-state index >= 15 is 0 Å². The molecular weight excluding hydrogens is 2010 g/mol. The molecule has 8 rings (SSSR count). The van der Waals surface area contributed by atoms with Crippen molar-refractivity contribution in [2.45, 2.75) is 389 Å². The molecule has 0 bridgehead atoms. The molecule has 22 nitrogen and oxygen atoms in total. The average molecular weight is 2170 g/mol. The molecule has 0 aliphatic carbocycles. The van der Waals surface area contributed by atoms with Gasteiger partial charge in [-0.05, 0) is 223 Å². The first-order valence-electron chi connectivity index (χ1n) is 47.1. The highest BCUT2D eigenvalue weighted by Crippen LogP contribution is 2.56. The third kappa shape index (κ3) is 40.2. The Kier molecular flexibility index (Phi) is 60.2. The SMILES string of the molecule is C.C=C(C)[C@H](C)C[C@@H](CC[C@@H]1O[C@@H](CCCOP)CC1=C)OS(=O)(=O)c1c(C(C)C)cc(C(C)C)cc1C(C)C.C=C([C@H](C)C[C@@H](CC[C@@H]1O[C@@H](CCCOP)CC1=C)OS(=O)(=O)c1c(C(C)C)cc(C(C)C)cc1C(C)C)[C@H](O)CC1O[C@H](C[C@@H](CC)OP(P)P)[C@H](OC)[C@H]1CS(=O)(=O)c1ccccc1.CC[C@H](C[C@H]1O[C@@H](CC=O)[C@H](Cc2ccccc2)[C@H]1OC)OP.CI.O=S=O. The van der Waals surface area contributed by atoms with Gasteiger partial charge in [0.15, 0.2) is 9.84 Å². The predicted molar refractivity (Wildman–Crippen MR) is 573 cm³/mol. The summed E-state index contributed by atoms with van der Waals surface area (Å²) in [4.78, 5) is 13.8. The molecule has 4 aliphatic heterocycles. The third-order valence-electron chi connectivity index (χ3n) is 25.8. The van der Waals surface area contributed by atoms with Gasteiger partial charge in [0.25, 0.3) is 20.2 Å². The van der Waals surface area contributed by atoms with E-state index in [4.69, 9.17) is 63.3 Å². The van der Waals surface area contributed by atoms with Crippen LogP contribution in [0, 0.1) is 23.7 Å². The number of allylic oxidation sites excluding steroid dienone is 1. The molecule has 4 saturated heterocycles. The Labute approximate surface area is 839 Å². The van der Waals surface area contributed by atoms with E-state index in [2.05, 4.69) is 161 Å². The van der Waals surface area contributed by atoms with Gasteiger partial charge in [-0.1, -0.05) is 263 Å². The number of aliphatic hydroxyl groups excluding tert-OH is 1. The molecule has 24 atom stereocenters. The molecule has 134 heavy (non-hydrogen) atoms. The van der Waals surface area contributed by atoms with Gasteiger partial charge in [-0.25, -0.2) is 8.42 Å². The Morgan fingerprint density at radius 3 is 1.32 bits per heavy atom. The molecule has 0 radical (unpaired) electrons. The maximum atomic E-state index is 14.8. The number of ether oxygens (including phenoxy) is 6. The van der Waals surface area contributed by atoms with Crippen LogP contribution in [0.15, 0.2) is 148 Å². The van der Waals surface area contributed by atoms with Crippen LogP contribution in [-0.4, -0.2) is 175 Å². The molecule has 4 aromatic rings. The van der Waals surface area contributed by atoms with Crippen LogP contribution in [0.5, 0.6) is 0 Å². The van der Waals surface area contributed by atoms with E-state index in [1.807, 2.05) is 111 Å². The summed E-state index contributed by atoms with van der Waals surface area (Å²) < 4.78 is 174. The molecule has 1 N–H and O–H groups in total. The van der Waals surface area contributed by atoms with Crippen LogP contribution in [-0.2, 0) is 108 Å². The number of alkyl halides is 1. The number of aldehydes is 1. The van der Waals surface area contributed by atoms with Gasteiger partial charge >= 0.3 is 11.6 Å². The average Bonchev–Trinajstić information content (AvgIpc) is 1.72. The van der Waals surface area contributed by atoms with Gasteiger partial charge in [-0.15, -0.1) is 0 Å². The molecule has 4 fully saturated rings. The lowest BCUT2D eigenvalue weighted by atomic mass is 9.86. The third-order valence-corrected chi connectivity index (χ3v) is 32.7. The maximum absolute atomic E-state index is 14.8. The van der Waals surface area contributed by atoms with E-state index in [9.17, 15) is 35.2 Å². The normalized spacial score (nSPS) is 22.5. The zero-order chi connectivity index (χ0) is 99.9. The van der Waals surface area contributed by atoms with Crippen molar-refractivity contribution >= 4 is 124 Å². The van der Waals surface area contributed by atoms with Crippen molar-refractivity contribution in [3.63, 3.8) is 0 Å². The fraction of sp³-hybridized carbons (Fsp3) is 0.673. The maximum Gasteiger partial charge on any atom is 0.335 e. The lowest BCUT2D eigenvalue weighted by Gasteiger charge is -2.29. The summed E-state index contributed by atoms with van der Waals surface area (Å²) in [6, 6.07) is 26.8. The number of rotatable bonds is 53. The van der Waals surface area contributed by atoms with Crippen LogP contribution in [0.2, 0.25) is 0 Å². The zero-order valence-corrected chi connectivity index (χ0v) is 94.9. The zero-order valence-electron chi connectivity index (χ0n) is 82.8. The van der Waals surface area contributed by atoms with E-state index < -0.39 is 97.6 Å². The van der Waals surface area contributed by atoms with Gasteiger partial charge in [0.05, 0.1) is 123 Å². The van der Waals surface area contributed by atoms with Crippen LogP contribution in [0.25, 0.3) is 0 Å². The van der Waals surface area contributed by atoms with Gasteiger partial charge in [-0.3, -0.25) is 8.37 Å². The minimum absolute atomic E-state index is 0. The Morgan fingerprint density at radius 2 is 0.955 bits per heavy atom. The number of aliphatic hydroxyl groups is 1. The molecule has 0 saturated carbocycles. The summed E-state index contributed by atoms with van der Waals surface area (Å²) in [5.74, 6) is -0.509. The number of hydrogen-bond acceptors (Lipinski definition) is 22. The molecule has 0 aromatic heterocycles. The summed E-state index contributed by atoms with van der Waals surface area (Å²) >= 11 is 1.40. The number of benzene rings is 4. The summed E-state index contributed by atoms with van der Waals surface area (Å²) in [5.41, 5.74) is 10.2. The topological polar surface area (TPSA) is 285 Å². The molecular formula is C101H167IO22P6S4. The monoisotopic (exact) mass is 2170 g/mol. The van der Waals surface area contributed by atoms with Gasteiger partial charge in [0, 0.05) is 80.1 Å². The Hall–Kier alpha value is -2.03. The molecule has 33 heteroatoms. The van der Waals surface area contributed by atoms with Crippen molar-refractivity contribution in [2.24, 2.45) is 23.7 Å². The van der Waals surface area contributed by atoms with Crippen molar-refractivity contribution in [3.8, 4) is 0 Å². The molecule has 0 amide bonds. The van der Waals surface area contributed by atoms with Crippen LogP contribution in [0.4, 0.5) is 0 Å². The summed E-state index contributed by atoms with van der Waals surface area (Å²) in [6.45, 7) is 53.2. The summed E-state index contributed by atoms with van der Waals surface area (Å²) in [7, 11) is 2.63. The van der Waals surface area contributed by atoms with Crippen molar-refractivity contribution in [2.75, 3.05) is 38.1 Å². The molecule has 4 aromatic carbocycles. The molecule has 0 spiro atoms. The van der Waals surface area contributed by atoms with Gasteiger partial charge in [0.1, 0.15) is 16.1 Å². The van der Waals surface area contributed by atoms with E-state index in [1.165, 1.54) is 5.56 Å². The fourth-order valence-electron chi connectivity index (χ4n) is 18.0. The second-order valence-electron chi connectivity index (χ2n) is 37.7. The highest BCUT2D eigenvalue weighted by atomic mass is 127. The number of carbonyl (C=O) groups excluding carboxylic acids is 1. The van der Waals surface area contributed by atoms with Crippen molar-refractivity contribution in [1.82, 2.24) is 0 Å². The molecule has 4 aliphatic rings. The Morgan fingerprint density at radius 1 is 0.560 bits per heavy atom. The van der Waals surface area contributed by atoms with Gasteiger partial charge < -0.3 is 56.4 Å². The Balaban J connectivity index is 0.000000569. The van der Waals surface area contributed by atoms with Crippen LogP contribution in [0.1, 0.15) is 315 Å². The number of carbonyl (C=O) groups is 1. The fourth-order valence-corrected chi connectivity index (χ4v) is 25.5. The number of sulfone groups is 1. The first-order chi connectivity index (χ1) is 62.8. The minimum Gasteiger partial charge on any atom is -0.389 e. The minimum atomic E-state index is -4.31. The van der Waals surface area contributed by atoms with E-state index in [-0.39, 0.29) is 132 Å². The second kappa shape index (κ2) is 64.0. The lowest BCUT2D eigenvalue weighted by molar-refractivity contribution is -0.111. The second-order valence-corrected chi connectivity index (χ2v) is 49.6. The highest BCUT2D eigenvalue weighted by molar-refractivity contribution is 14.1. The van der Waals surface area contributed by atoms with Crippen LogP contribution >= 0.6 is 76.4 Å². The molecule has 6 unspecified atom stereocenters. The van der Waals surface area contributed by atoms with Crippen LogP contribution < -0.4 is 0 Å². The van der Waals surface area contributed by atoms with E-state index in [0.717, 1.165) is 121 Å². The quantitative estimate of drug-likeness (QED) is 0.00817. The largest absolute Gasteiger partial charge is 0.389 e. The smallest absolute Gasteiger partial charge is 0.335 e. The number of methoxy groups -OCH3 is 2. The van der Waals surface area contributed by atoms with Gasteiger partial charge in [0.2, 0.25) is 0 Å². The first-order valence-corrected chi connectivity index (χ1v) is 60.3. The van der Waals surface area contributed by atoms with Crippen molar-refractivity contribution < 1.29 is 98.5 Å². The molecule has 4 heterocycles. The molecule has 764 valence electrons. The predicted octanol–water partition coefficient (Wildman–Crippen LogP) is 24.6. The van der Waals surface area contributed by atoms with E-state index in [1.54, 1.807) is 44.6 Å².